The third-order valence-corrected chi connectivity index (χ3v) is 7.44. The number of primary amides is 1. The molecule has 1 aromatic carbocycles. The number of carbonyl (C=O) groups is 2. The third-order valence-electron chi connectivity index (χ3n) is 5.27. The molecule has 0 radical (unpaired) electrons. The molecule has 1 aliphatic rings. The smallest absolute Gasteiger partial charge is 0.348 e. The molecule has 0 spiro atoms. The van der Waals surface area contributed by atoms with Crippen molar-refractivity contribution in [2.45, 2.75) is 43.1 Å². The molecule has 1 fully saturated rings. The molecule has 1 aliphatic heterocycles. The van der Waals surface area contributed by atoms with Gasteiger partial charge in [0.2, 0.25) is 5.91 Å². The van der Waals surface area contributed by atoms with Crippen LogP contribution in [0.1, 0.15) is 34.4 Å². The maximum atomic E-state index is 12.5. The van der Waals surface area contributed by atoms with Gasteiger partial charge < -0.3 is 20.5 Å². The number of aromatic nitrogens is 2. The summed E-state index contributed by atoms with van der Waals surface area (Å²) in [6, 6.07) is 9.24. The van der Waals surface area contributed by atoms with Crippen LogP contribution >= 0.6 is 23.1 Å². The lowest BCUT2D eigenvalue weighted by molar-refractivity contribution is -0.119. The Balaban J connectivity index is 1.80. The van der Waals surface area contributed by atoms with Crippen LogP contribution < -0.4 is 10.6 Å². The summed E-state index contributed by atoms with van der Waals surface area (Å²) in [7, 11) is 0. The first-order chi connectivity index (χ1) is 15.4. The highest BCUT2D eigenvalue weighted by atomic mass is 32.2. The Kier molecular flexibility index (Phi) is 6.63. The Morgan fingerprint density at radius 3 is 2.75 bits per heavy atom. The number of β-amino-alcohol motifs (C(OH)–C–C–N with tert-alkyl or cyclic N) is 1. The molecule has 0 saturated carbocycles. The van der Waals surface area contributed by atoms with Gasteiger partial charge in [-0.25, -0.2) is 14.8 Å². The quantitative estimate of drug-likeness (QED) is 0.398. The van der Waals surface area contributed by atoms with Crippen LogP contribution in [0, 0.1) is 6.92 Å². The molecule has 168 valence electrons. The molecule has 3 aromatic rings. The fourth-order valence-corrected chi connectivity index (χ4v) is 5.67. The first-order valence-corrected chi connectivity index (χ1v) is 12.1. The van der Waals surface area contributed by atoms with Crippen LogP contribution in [-0.4, -0.2) is 52.2 Å². The summed E-state index contributed by atoms with van der Waals surface area (Å²) in [5.41, 5.74) is 6.32. The van der Waals surface area contributed by atoms with E-state index in [1.807, 2.05) is 37.3 Å². The van der Waals surface area contributed by atoms with Crippen molar-refractivity contribution in [1.29, 1.82) is 0 Å². The molecule has 4 rings (SSSR count). The van der Waals surface area contributed by atoms with Crippen LogP contribution in [0.4, 0.5) is 5.82 Å². The average molecular weight is 473 g/mol. The maximum Gasteiger partial charge on any atom is 0.348 e. The minimum atomic E-state index is -0.692. The number of hydrogen-bond donors (Lipinski definition) is 2. The summed E-state index contributed by atoms with van der Waals surface area (Å²) in [5, 5.41) is 10.9. The molecule has 1 saturated heterocycles. The largest absolute Gasteiger partial charge is 0.462 e. The highest BCUT2D eigenvalue weighted by molar-refractivity contribution is 7.98. The van der Waals surface area contributed by atoms with Gasteiger partial charge in [-0.15, -0.1) is 23.1 Å². The van der Waals surface area contributed by atoms with Gasteiger partial charge in [0.15, 0.2) is 0 Å². The first-order valence-electron chi connectivity index (χ1n) is 10.3. The monoisotopic (exact) mass is 472 g/mol. The van der Waals surface area contributed by atoms with E-state index >= 15 is 0 Å². The number of nitrogens with zero attached hydrogens (tertiary/aromatic N) is 3. The van der Waals surface area contributed by atoms with Crippen molar-refractivity contribution in [3.8, 4) is 0 Å². The number of hydrogen-bond acceptors (Lipinski definition) is 9. The number of aryl methyl sites for hydroxylation is 1. The maximum absolute atomic E-state index is 12.5. The molecule has 2 unspecified atom stereocenters. The van der Waals surface area contributed by atoms with Crippen molar-refractivity contribution in [2.24, 2.45) is 5.73 Å². The van der Waals surface area contributed by atoms with Crippen molar-refractivity contribution in [3.05, 3.63) is 46.6 Å². The van der Waals surface area contributed by atoms with Crippen molar-refractivity contribution < 1.29 is 19.4 Å². The minimum absolute atomic E-state index is 0.231. The Labute approximate surface area is 193 Å². The van der Waals surface area contributed by atoms with Gasteiger partial charge in [-0.3, -0.25) is 4.79 Å². The number of rotatable bonds is 7. The van der Waals surface area contributed by atoms with E-state index in [1.54, 1.807) is 23.6 Å². The number of carbonyl (C=O) groups excluding carboxylic acids is 2. The van der Waals surface area contributed by atoms with Gasteiger partial charge >= 0.3 is 5.97 Å². The number of thiophene rings is 1. The highest BCUT2D eigenvalue weighted by Gasteiger charge is 2.37. The molecule has 8 nitrogen and oxygen atoms in total. The normalized spacial score (nSPS) is 18.3. The van der Waals surface area contributed by atoms with Crippen LogP contribution in [0.2, 0.25) is 0 Å². The van der Waals surface area contributed by atoms with Crippen molar-refractivity contribution in [2.75, 3.05) is 18.1 Å². The van der Waals surface area contributed by atoms with E-state index < -0.39 is 24.0 Å². The summed E-state index contributed by atoms with van der Waals surface area (Å²) in [5.74, 6) is 0.668. The number of amides is 1. The molecule has 2 atom stereocenters. The van der Waals surface area contributed by atoms with Crippen LogP contribution in [0.25, 0.3) is 10.2 Å². The molecule has 0 bridgehead atoms. The van der Waals surface area contributed by atoms with E-state index in [-0.39, 0.29) is 19.6 Å². The minimum Gasteiger partial charge on any atom is -0.462 e. The predicted octanol–water partition coefficient (Wildman–Crippen LogP) is 2.89. The topological polar surface area (TPSA) is 119 Å². The molecule has 10 heteroatoms. The van der Waals surface area contributed by atoms with Crippen molar-refractivity contribution in [1.82, 2.24) is 9.97 Å². The summed E-state index contributed by atoms with van der Waals surface area (Å²) >= 11 is 2.85. The molecular formula is C22H24N4O4S2. The lowest BCUT2D eigenvalue weighted by Crippen LogP contribution is -2.41. The van der Waals surface area contributed by atoms with Crippen LogP contribution in [0.15, 0.2) is 35.2 Å². The number of nitrogens with two attached hydrogens (primary N) is 1. The van der Waals surface area contributed by atoms with Gasteiger partial charge in [0.1, 0.15) is 27.4 Å². The standard InChI is InChI=1S/C22H24N4O4S2/c1-3-30-22(29)18-12(2)17-20(26-10-13(27)9-15(26)19(23)28)24-16(25-21(17)32-18)11-31-14-7-5-4-6-8-14/h4-8,13,15,27H,3,9-11H2,1-2H3,(H2,23,28). The Hall–Kier alpha value is -2.69. The van der Waals surface area contributed by atoms with E-state index in [2.05, 4.69) is 0 Å². The SMILES string of the molecule is CCOC(=O)c1sc2nc(CSc3ccccc3)nc(N3CC(O)CC3C(N)=O)c2c1C. The zero-order valence-corrected chi connectivity index (χ0v) is 19.4. The number of fused-ring (bicyclic) bond motifs is 1. The lowest BCUT2D eigenvalue weighted by Gasteiger charge is -2.24. The molecule has 2 aromatic heterocycles. The number of aliphatic hydroxyl groups excluding tert-OH is 1. The average Bonchev–Trinajstić information content (AvgIpc) is 3.33. The van der Waals surface area contributed by atoms with Gasteiger partial charge in [-0.1, -0.05) is 18.2 Å². The lowest BCUT2D eigenvalue weighted by atomic mass is 10.1. The van der Waals surface area contributed by atoms with E-state index in [0.29, 0.717) is 38.1 Å². The number of ether oxygens (including phenoxy) is 1. The van der Waals surface area contributed by atoms with Gasteiger partial charge in [0.05, 0.1) is 23.8 Å². The molecule has 0 aliphatic carbocycles. The van der Waals surface area contributed by atoms with Gasteiger partial charge in [-0.2, -0.15) is 0 Å². The van der Waals surface area contributed by atoms with E-state index in [0.717, 1.165) is 4.90 Å². The number of anilines is 1. The second-order valence-corrected chi connectivity index (χ2v) is 9.53. The zero-order chi connectivity index (χ0) is 22.8. The van der Waals surface area contributed by atoms with Crippen molar-refractivity contribution >= 4 is 51.0 Å². The number of benzene rings is 1. The van der Waals surface area contributed by atoms with Crippen LogP contribution in [0.3, 0.4) is 0 Å². The summed E-state index contributed by atoms with van der Waals surface area (Å²) in [4.78, 5) is 38.0. The van der Waals surface area contributed by atoms with Crippen LogP contribution in [-0.2, 0) is 15.3 Å². The summed E-state index contributed by atoms with van der Waals surface area (Å²) < 4.78 is 5.21. The molecule has 1 amide bonds. The predicted molar refractivity (Wildman–Crippen MR) is 125 cm³/mol. The van der Waals surface area contributed by atoms with E-state index in [4.69, 9.17) is 20.4 Å². The van der Waals surface area contributed by atoms with Gasteiger partial charge in [0.25, 0.3) is 0 Å². The van der Waals surface area contributed by atoms with E-state index in [9.17, 15) is 14.7 Å². The molecule has 32 heavy (non-hydrogen) atoms. The Bertz CT molecular complexity index is 1150. The summed E-state index contributed by atoms with van der Waals surface area (Å²) in [6.45, 7) is 4.08. The molecule has 3 N–H and O–H groups in total. The molecular weight excluding hydrogens is 448 g/mol. The second-order valence-electron chi connectivity index (χ2n) is 7.48. The van der Waals surface area contributed by atoms with Crippen molar-refractivity contribution in [3.63, 3.8) is 0 Å². The van der Waals surface area contributed by atoms with Gasteiger partial charge in [-0.05, 0) is 31.5 Å². The highest BCUT2D eigenvalue weighted by Crippen LogP contribution is 2.39. The first kappa shape index (κ1) is 22.5. The Morgan fingerprint density at radius 2 is 2.06 bits per heavy atom. The third kappa shape index (κ3) is 4.43. The number of aliphatic hydroxyl groups is 1. The number of thioether (sulfide) groups is 1. The summed E-state index contributed by atoms with van der Waals surface area (Å²) in [6.07, 6.45) is -0.453. The Morgan fingerprint density at radius 1 is 1.31 bits per heavy atom. The fourth-order valence-electron chi connectivity index (χ4n) is 3.81. The number of esters is 1. The van der Waals surface area contributed by atoms with E-state index in [1.165, 1.54) is 11.3 Å². The zero-order valence-electron chi connectivity index (χ0n) is 17.8. The molecule has 3 heterocycles. The second kappa shape index (κ2) is 9.43. The fraction of sp³-hybridized carbons (Fsp3) is 0.364. The van der Waals surface area contributed by atoms with Gasteiger partial charge in [0, 0.05) is 17.9 Å². The van der Waals surface area contributed by atoms with Crippen LogP contribution in [0.5, 0.6) is 0 Å².